The second kappa shape index (κ2) is 8.91. The number of benzene rings is 1. The van der Waals surface area contributed by atoms with E-state index >= 15 is 0 Å². The molecular weight excluding hydrogens is 494 g/mol. The largest absolute Gasteiger partial charge is 0.508 e. The van der Waals surface area contributed by atoms with Crippen molar-refractivity contribution in [2.24, 2.45) is 11.8 Å². The molecular formula is C27H33N3O8. The van der Waals surface area contributed by atoms with Crippen molar-refractivity contribution in [2.75, 3.05) is 33.9 Å². The van der Waals surface area contributed by atoms with Crippen molar-refractivity contribution in [2.45, 2.75) is 43.4 Å². The maximum atomic E-state index is 14.0. The van der Waals surface area contributed by atoms with Gasteiger partial charge >= 0.3 is 0 Å². The number of hydrogen-bond donors (Lipinski definition) is 6. The minimum Gasteiger partial charge on any atom is -0.508 e. The number of carbonyl (C=O) groups is 3. The molecule has 1 aromatic rings. The standard InChI is InChI=1S/C27H33N3O8/c1-26(37)13-7-6-8-16(31)17(13)21(32)18-14(26)11-15-20(29(2)3)22(33)19(24(35)27(15,38)23(18)34)25(36)28-12-30-9-4-5-10-30/h6-8,14-15,20,31-32,35,37-38H,4-5,9-12H2,1-3H3,(H,28,36)/t14-,15+,20+,26-,27-/m0/s1. The number of carbonyl (C=O) groups excluding carboxylic acids is 3. The lowest BCUT2D eigenvalue weighted by atomic mass is 9.54. The highest BCUT2D eigenvalue weighted by Gasteiger charge is 2.66. The summed E-state index contributed by atoms with van der Waals surface area (Å²) in [7, 11) is 3.12. The van der Waals surface area contributed by atoms with Crippen molar-refractivity contribution >= 4 is 23.2 Å². The van der Waals surface area contributed by atoms with Gasteiger partial charge in [0.05, 0.1) is 23.9 Å². The second-order valence-electron chi connectivity index (χ2n) is 11.1. The van der Waals surface area contributed by atoms with Gasteiger partial charge in [0, 0.05) is 17.4 Å². The van der Waals surface area contributed by atoms with E-state index in [2.05, 4.69) is 5.32 Å². The van der Waals surface area contributed by atoms with Crippen molar-refractivity contribution in [3.8, 4) is 5.75 Å². The lowest BCUT2D eigenvalue weighted by molar-refractivity contribution is -0.159. The van der Waals surface area contributed by atoms with E-state index in [1.165, 1.54) is 30.0 Å². The first-order valence-corrected chi connectivity index (χ1v) is 12.7. The third-order valence-corrected chi connectivity index (χ3v) is 8.66. The first-order valence-electron chi connectivity index (χ1n) is 12.7. The Kier molecular flexibility index (Phi) is 6.18. The van der Waals surface area contributed by atoms with Gasteiger partial charge < -0.3 is 30.8 Å². The smallest absolute Gasteiger partial charge is 0.259 e. The van der Waals surface area contributed by atoms with Gasteiger partial charge in [-0.25, -0.2) is 0 Å². The summed E-state index contributed by atoms with van der Waals surface area (Å²) in [6.07, 6.45) is 1.78. The summed E-state index contributed by atoms with van der Waals surface area (Å²) in [5, 5.41) is 59.0. The van der Waals surface area contributed by atoms with Gasteiger partial charge in [0.1, 0.15) is 22.8 Å². The van der Waals surface area contributed by atoms with Crippen LogP contribution < -0.4 is 5.32 Å². The highest BCUT2D eigenvalue weighted by molar-refractivity contribution is 6.25. The van der Waals surface area contributed by atoms with E-state index in [0.717, 1.165) is 25.9 Å². The lowest BCUT2D eigenvalue weighted by Gasteiger charge is -2.53. The molecule has 11 nitrogen and oxygen atoms in total. The van der Waals surface area contributed by atoms with Crippen LogP contribution in [0.15, 0.2) is 35.1 Å². The zero-order valence-corrected chi connectivity index (χ0v) is 21.6. The fraction of sp³-hybridized carbons (Fsp3) is 0.519. The Bertz CT molecular complexity index is 1290. The number of fused-ring (bicyclic) bond motifs is 3. The summed E-state index contributed by atoms with van der Waals surface area (Å²) in [4.78, 5) is 44.3. The fourth-order valence-electron chi connectivity index (χ4n) is 6.70. The number of rotatable bonds is 4. The summed E-state index contributed by atoms with van der Waals surface area (Å²) in [6.45, 7) is 3.11. The molecule has 0 spiro atoms. The zero-order chi connectivity index (χ0) is 27.7. The molecule has 1 saturated carbocycles. The van der Waals surface area contributed by atoms with Crippen molar-refractivity contribution in [3.05, 3.63) is 46.2 Å². The summed E-state index contributed by atoms with van der Waals surface area (Å²) >= 11 is 0. The van der Waals surface area contributed by atoms with Gasteiger partial charge in [-0.3, -0.25) is 24.2 Å². The number of hydrogen-bond acceptors (Lipinski definition) is 10. The van der Waals surface area contributed by atoms with Crippen molar-refractivity contribution in [1.82, 2.24) is 15.1 Å². The Morgan fingerprint density at radius 1 is 1.13 bits per heavy atom. The summed E-state index contributed by atoms with van der Waals surface area (Å²) in [5.41, 5.74) is -5.54. The van der Waals surface area contributed by atoms with E-state index in [1.807, 2.05) is 4.90 Å². The Morgan fingerprint density at radius 2 is 1.79 bits per heavy atom. The molecule has 11 heteroatoms. The van der Waals surface area contributed by atoms with Crippen molar-refractivity contribution in [1.29, 1.82) is 0 Å². The molecule has 3 aliphatic carbocycles. The normalized spacial score (nSPS) is 33.4. The molecule has 1 amide bonds. The van der Waals surface area contributed by atoms with E-state index in [0.29, 0.717) is 0 Å². The molecule has 0 aromatic heterocycles. The number of nitrogens with zero attached hydrogens (tertiary/aromatic N) is 2. The molecule has 1 aliphatic heterocycles. The van der Waals surface area contributed by atoms with Gasteiger partial charge in [0.2, 0.25) is 5.78 Å². The van der Waals surface area contributed by atoms with Crippen LogP contribution in [0.3, 0.4) is 0 Å². The Hall–Kier alpha value is -3.25. The van der Waals surface area contributed by atoms with Gasteiger partial charge in [0.25, 0.3) is 5.91 Å². The van der Waals surface area contributed by atoms with Gasteiger partial charge in [-0.2, -0.15) is 0 Å². The molecule has 5 rings (SSSR count). The minimum atomic E-state index is -2.72. The number of aromatic hydroxyl groups is 1. The third kappa shape index (κ3) is 3.53. The van der Waals surface area contributed by atoms with Crippen molar-refractivity contribution in [3.63, 3.8) is 0 Å². The lowest BCUT2D eigenvalue weighted by Crippen LogP contribution is -2.67. The molecule has 204 valence electrons. The predicted octanol–water partition coefficient (Wildman–Crippen LogP) is 0.313. The molecule has 6 N–H and O–H groups in total. The van der Waals surface area contributed by atoms with Crippen LogP contribution in [0, 0.1) is 11.8 Å². The van der Waals surface area contributed by atoms with E-state index in [-0.39, 0.29) is 35.5 Å². The number of nitrogens with one attached hydrogen (secondary N) is 1. The number of likely N-dealkylation sites (N-methyl/N-ethyl adjacent to an activating group) is 1. The van der Waals surface area contributed by atoms with Crippen LogP contribution in [0.1, 0.15) is 37.3 Å². The topological polar surface area (TPSA) is 171 Å². The van der Waals surface area contributed by atoms with E-state index < -0.39 is 63.6 Å². The van der Waals surface area contributed by atoms with E-state index in [4.69, 9.17) is 0 Å². The summed E-state index contributed by atoms with van der Waals surface area (Å²) < 4.78 is 0. The number of likely N-dealkylation sites (tertiary alicyclic amines) is 1. The average molecular weight is 528 g/mol. The molecule has 4 aliphatic rings. The Morgan fingerprint density at radius 3 is 2.42 bits per heavy atom. The summed E-state index contributed by atoms with van der Waals surface area (Å²) in [5.74, 6) is -7.17. The molecule has 38 heavy (non-hydrogen) atoms. The molecule has 5 atom stereocenters. The maximum Gasteiger partial charge on any atom is 0.259 e. The SMILES string of the molecule is CN(C)[C@H]1C(=O)C(C(=O)NCN2CCCC2)=C(O)[C@@]2(O)C(=O)C3=C(O)c4c(O)cccc4[C@](C)(O)[C@H]3C[C@H]12. The molecule has 0 unspecified atom stereocenters. The minimum absolute atomic E-state index is 0.137. The highest BCUT2D eigenvalue weighted by Crippen LogP contribution is 2.57. The number of Topliss-reactive ketones (excluding diaryl/α,β-unsaturated/α-hetero) is 2. The number of ketones is 2. The third-order valence-electron chi connectivity index (χ3n) is 8.66. The van der Waals surface area contributed by atoms with Crippen LogP contribution >= 0.6 is 0 Å². The molecule has 2 fully saturated rings. The first-order chi connectivity index (χ1) is 17.8. The van der Waals surface area contributed by atoms with Gasteiger partial charge in [-0.1, -0.05) is 12.1 Å². The molecule has 1 aromatic carbocycles. The predicted molar refractivity (Wildman–Crippen MR) is 135 cm³/mol. The van der Waals surface area contributed by atoms with Crippen LogP contribution in [0.4, 0.5) is 0 Å². The quantitative estimate of drug-likeness (QED) is 0.300. The molecule has 0 bridgehead atoms. The number of aliphatic hydroxyl groups excluding tert-OH is 2. The van der Waals surface area contributed by atoms with Gasteiger partial charge in [-0.15, -0.1) is 0 Å². The number of aliphatic hydroxyl groups is 4. The molecule has 1 heterocycles. The Labute approximate surface area is 219 Å². The van der Waals surface area contributed by atoms with Crippen molar-refractivity contribution < 1.29 is 39.9 Å². The first kappa shape index (κ1) is 26.4. The fourth-order valence-corrected chi connectivity index (χ4v) is 6.70. The summed E-state index contributed by atoms with van der Waals surface area (Å²) in [6, 6.07) is 3.12. The van der Waals surface area contributed by atoms with Crippen LogP contribution in [0.25, 0.3) is 5.76 Å². The Balaban J connectivity index is 1.65. The van der Waals surface area contributed by atoms with Gasteiger partial charge in [-0.05, 0) is 65.0 Å². The second-order valence-corrected chi connectivity index (χ2v) is 11.1. The number of phenols is 1. The van der Waals surface area contributed by atoms with E-state index in [1.54, 1.807) is 14.1 Å². The van der Waals surface area contributed by atoms with Crippen LogP contribution in [-0.4, -0.2) is 98.3 Å². The molecule has 1 saturated heterocycles. The maximum absolute atomic E-state index is 14.0. The van der Waals surface area contributed by atoms with E-state index in [9.17, 15) is 39.9 Å². The monoisotopic (exact) mass is 527 g/mol. The number of amides is 1. The van der Waals surface area contributed by atoms with Crippen LogP contribution in [0.5, 0.6) is 5.75 Å². The van der Waals surface area contributed by atoms with Gasteiger partial charge in [0.15, 0.2) is 11.4 Å². The highest BCUT2D eigenvalue weighted by atomic mass is 16.3. The van der Waals surface area contributed by atoms with Crippen LogP contribution in [0.2, 0.25) is 0 Å². The molecule has 0 radical (unpaired) electrons. The number of phenolic OH excluding ortho intramolecular Hbond substituents is 1. The van der Waals surface area contributed by atoms with Crippen LogP contribution in [-0.2, 0) is 20.0 Å². The zero-order valence-electron chi connectivity index (χ0n) is 21.6. The average Bonchev–Trinajstić information content (AvgIpc) is 3.37.